The summed E-state index contributed by atoms with van der Waals surface area (Å²) in [5, 5.41) is 2.59. The summed E-state index contributed by atoms with van der Waals surface area (Å²) >= 11 is 0. The van der Waals surface area contributed by atoms with Crippen molar-refractivity contribution < 1.29 is 23.6 Å². The van der Waals surface area contributed by atoms with Crippen molar-refractivity contribution in [1.82, 2.24) is 15.8 Å². The number of hydrogen-bond donors (Lipinski definition) is 2. The van der Waals surface area contributed by atoms with Crippen molar-refractivity contribution in [3.8, 4) is 0 Å². The number of halogens is 1. The van der Waals surface area contributed by atoms with Crippen LogP contribution in [0, 0.1) is 0 Å². The third-order valence-electron chi connectivity index (χ3n) is 2.71. The van der Waals surface area contributed by atoms with Crippen molar-refractivity contribution in [2.45, 2.75) is 25.8 Å². The van der Waals surface area contributed by atoms with Gasteiger partial charge in [0.05, 0.1) is 13.0 Å². The normalized spacial score (nSPS) is 19.1. The van der Waals surface area contributed by atoms with Crippen molar-refractivity contribution >= 4 is 17.7 Å². The molecule has 0 aromatic heterocycles. The number of nitrogens with zero attached hydrogens (tertiary/aromatic N) is 1. The third kappa shape index (κ3) is 4.56. The lowest BCUT2D eigenvalue weighted by molar-refractivity contribution is -0.139. The van der Waals surface area contributed by atoms with E-state index in [2.05, 4.69) is 5.32 Å². The van der Waals surface area contributed by atoms with E-state index in [-0.39, 0.29) is 25.3 Å². The molecule has 8 heteroatoms. The summed E-state index contributed by atoms with van der Waals surface area (Å²) in [6, 6.07) is -1.12. The predicted molar refractivity (Wildman–Crippen MR) is 63.5 cm³/mol. The molecule has 0 aliphatic carbocycles. The highest BCUT2D eigenvalue weighted by molar-refractivity contribution is 6.05. The molecule has 0 aromatic rings. The maximum atomic E-state index is 12.2. The molecule has 1 unspecified atom stereocenters. The lowest BCUT2D eigenvalue weighted by Gasteiger charge is -2.14. The molecule has 1 aliphatic heterocycles. The van der Waals surface area contributed by atoms with Crippen LogP contribution in [0.3, 0.4) is 0 Å². The first-order valence-corrected chi connectivity index (χ1v) is 6.15. The van der Waals surface area contributed by atoms with Crippen LogP contribution in [-0.2, 0) is 19.1 Å². The average molecular weight is 275 g/mol. The van der Waals surface area contributed by atoms with E-state index < -0.39 is 17.9 Å². The lowest BCUT2D eigenvalue weighted by atomic mass is 10.3. The van der Waals surface area contributed by atoms with Crippen LogP contribution < -0.4 is 10.9 Å². The van der Waals surface area contributed by atoms with Crippen molar-refractivity contribution in [3.63, 3.8) is 0 Å². The van der Waals surface area contributed by atoms with Gasteiger partial charge in [-0.15, -0.1) is 10.0 Å². The number of amides is 3. The van der Waals surface area contributed by atoms with Crippen LogP contribution in [0.2, 0.25) is 0 Å². The number of carbonyl (C=O) groups is 3. The molecule has 1 saturated heterocycles. The largest absolute Gasteiger partial charge is 0.380 e. The molecule has 0 spiro atoms. The first-order valence-electron chi connectivity index (χ1n) is 6.15. The zero-order valence-corrected chi connectivity index (χ0v) is 10.8. The topological polar surface area (TPSA) is 87.7 Å². The molecule has 1 fully saturated rings. The van der Waals surface area contributed by atoms with Crippen LogP contribution >= 0.6 is 0 Å². The van der Waals surface area contributed by atoms with Gasteiger partial charge in [0, 0.05) is 26.1 Å². The molecule has 0 saturated carbocycles. The molecule has 19 heavy (non-hydrogen) atoms. The van der Waals surface area contributed by atoms with E-state index in [1.807, 2.05) is 6.92 Å². The Kier molecular flexibility index (Phi) is 6.37. The Morgan fingerprint density at radius 1 is 1.53 bits per heavy atom. The second-order valence-corrected chi connectivity index (χ2v) is 4.05. The summed E-state index contributed by atoms with van der Waals surface area (Å²) in [5.74, 6) is -1.38. The Balaban J connectivity index is 2.26. The summed E-state index contributed by atoms with van der Waals surface area (Å²) in [6.45, 7) is 3.18. The van der Waals surface area contributed by atoms with Gasteiger partial charge >= 0.3 is 0 Å². The van der Waals surface area contributed by atoms with Crippen LogP contribution in [0.25, 0.3) is 0 Å². The van der Waals surface area contributed by atoms with Crippen LogP contribution in [0.4, 0.5) is 4.48 Å². The van der Waals surface area contributed by atoms with E-state index in [9.17, 15) is 18.9 Å². The van der Waals surface area contributed by atoms with E-state index in [4.69, 9.17) is 4.74 Å². The Bertz CT molecular complexity index is 351. The second-order valence-electron chi connectivity index (χ2n) is 4.05. The van der Waals surface area contributed by atoms with E-state index >= 15 is 0 Å². The van der Waals surface area contributed by atoms with Crippen molar-refractivity contribution in [2.75, 3.05) is 26.3 Å². The number of nitrogens with one attached hydrogen (secondary N) is 2. The molecule has 0 radical (unpaired) electrons. The van der Waals surface area contributed by atoms with E-state index in [0.29, 0.717) is 19.8 Å². The van der Waals surface area contributed by atoms with Gasteiger partial charge in [-0.1, -0.05) is 0 Å². The van der Waals surface area contributed by atoms with Crippen LogP contribution in [0.15, 0.2) is 0 Å². The average Bonchev–Trinajstić information content (AvgIpc) is 2.67. The number of likely N-dealkylation sites (tertiary alicyclic amines) is 1. The second kappa shape index (κ2) is 7.80. The highest BCUT2D eigenvalue weighted by Gasteiger charge is 2.38. The number of hydrogen-bond acceptors (Lipinski definition) is 5. The minimum atomic E-state index is -1.12. The Morgan fingerprint density at radius 2 is 2.26 bits per heavy atom. The number of carbonyl (C=O) groups excluding carboxylic acids is 3. The maximum absolute atomic E-state index is 12.2. The van der Waals surface area contributed by atoms with Gasteiger partial charge in [-0.2, -0.15) is 0 Å². The predicted octanol–water partition coefficient (Wildman–Crippen LogP) is -0.869. The van der Waals surface area contributed by atoms with Crippen LogP contribution in [0.5, 0.6) is 0 Å². The zero-order chi connectivity index (χ0) is 14.3. The number of ether oxygens (including phenoxy) is 1. The van der Waals surface area contributed by atoms with Crippen molar-refractivity contribution in [3.05, 3.63) is 0 Å². The molecule has 108 valence electrons. The van der Waals surface area contributed by atoms with E-state index in [1.165, 1.54) is 5.54 Å². The van der Waals surface area contributed by atoms with Gasteiger partial charge in [-0.25, -0.2) is 0 Å². The molecular weight excluding hydrogens is 257 g/mol. The monoisotopic (exact) mass is 275 g/mol. The lowest BCUT2D eigenvalue weighted by Crippen LogP contribution is -2.38. The molecule has 3 amide bonds. The smallest absolute Gasteiger partial charge is 0.249 e. The summed E-state index contributed by atoms with van der Waals surface area (Å²) in [5.41, 5.74) is 1.28. The molecule has 1 rings (SSSR count). The standard InChI is InChI=1S/C11H18FN3O4/c1-2-19-6-4-13-9(16)3-5-15-10(17)7-8(14-12)11(15)18/h8,14H,2-7H2,1H3,(H,13,16). The first kappa shape index (κ1) is 15.5. The summed E-state index contributed by atoms with van der Waals surface area (Å²) in [7, 11) is 0. The molecular formula is C11H18FN3O4. The van der Waals surface area contributed by atoms with Crippen LogP contribution in [-0.4, -0.2) is 55.0 Å². The van der Waals surface area contributed by atoms with E-state index in [0.717, 1.165) is 4.90 Å². The molecule has 1 heterocycles. The highest BCUT2D eigenvalue weighted by Crippen LogP contribution is 2.13. The van der Waals surface area contributed by atoms with Gasteiger partial charge < -0.3 is 10.1 Å². The summed E-state index contributed by atoms with van der Waals surface area (Å²) in [6.07, 6.45) is -0.204. The summed E-state index contributed by atoms with van der Waals surface area (Å²) in [4.78, 5) is 35.2. The van der Waals surface area contributed by atoms with Gasteiger partial charge in [0.1, 0.15) is 6.04 Å². The van der Waals surface area contributed by atoms with Gasteiger partial charge in [0.15, 0.2) is 0 Å². The first-order chi connectivity index (χ1) is 9.10. The molecule has 0 aromatic carbocycles. The van der Waals surface area contributed by atoms with E-state index in [1.54, 1.807) is 0 Å². The zero-order valence-electron chi connectivity index (χ0n) is 10.8. The number of imide groups is 1. The minimum Gasteiger partial charge on any atom is -0.380 e. The fourth-order valence-corrected chi connectivity index (χ4v) is 1.71. The Labute approximate surface area is 110 Å². The maximum Gasteiger partial charge on any atom is 0.249 e. The minimum absolute atomic E-state index is 0.00259. The molecule has 7 nitrogen and oxygen atoms in total. The molecule has 2 N–H and O–H groups in total. The van der Waals surface area contributed by atoms with Gasteiger partial charge in [0.2, 0.25) is 17.7 Å². The third-order valence-corrected chi connectivity index (χ3v) is 2.71. The fraction of sp³-hybridized carbons (Fsp3) is 0.727. The number of rotatable bonds is 8. The Morgan fingerprint density at radius 3 is 2.84 bits per heavy atom. The molecule has 1 aliphatic rings. The molecule has 0 bridgehead atoms. The van der Waals surface area contributed by atoms with Gasteiger partial charge in [0.25, 0.3) is 0 Å². The molecule has 1 atom stereocenters. The quantitative estimate of drug-likeness (QED) is 0.341. The highest BCUT2D eigenvalue weighted by atomic mass is 19.2. The Hall–Kier alpha value is -1.54. The van der Waals surface area contributed by atoms with Crippen LogP contribution in [0.1, 0.15) is 19.8 Å². The van der Waals surface area contributed by atoms with Crippen molar-refractivity contribution in [1.29, 1.82) is 0 Å². The van der Waals surface area contributed by atoms with Crippen molar-refractivity contribution in [2.24, 2.45) is 0 Å². The SMILES string of the molecule is CCOCCNC(=O)CCN1C(=O)CC(NF)C1=O. The fourth-order valence-electron chi connectivity index (χ4n) is 1.71. The summed E-state index contributed by atoms with van der Waals surface area (Å²) < 4.78 is 17.2. The van der Waals surface area contributed by atoms with Gasteiger partial charge in [-0.3, -0.25) is 19.3 Å². The van der Waals surface area contributed by atoms with Gasteiger partial charge in [-0.05, 0) is 6.92 Å².